The molecule has 1 unspecified atom stereocenters. The standard InChI is InChI=1S/C18H25ClN4O2S.HI/c1-3-9-25-17-8-5-13(10-21-17)11-22-18(20-4-2)23-12-14(24)15-6-7-16(19)26-15;/h5-8,10,14,24H,3-4,9,11-12H2,1-2H3,(H2,20,22,23);1H. The third kappa shape index (κ3) is 8.63. The summed E-state index contributed by atoms with van der Waals surface area (Å²) in [7, 11) is 0. The van der Waals surface area contributed by atoms with Gasteiger partial charge in [0.2, 0.25) is 5.88 Å². The molecular formula is C18H26ClIN4O2S. The van der Waals surface area contributed by atoms with E-state index in [0.29, 0.717) is 35.9 Å². The van der Waals surface area contributed by atoms with Crippen LogP contribution in [-0.2, 0) is 6.54 Å². The van der Waals surface area contributed by atoms with E-state index in [1.165, 1.54) is 11.3 Å². The van der Waals surface area contributed by atoms with Gasteiger partial charge in [0.25, 0.3) is 0 Å². The van der Waals surface area contributed by atoms with Crippen molar-refractivity contribution in [1.82, 2.24) is 15.6 Å². The highest BCUT2D eigenvalue weighted by atomic mass is 127. The lowest BCUT2D eigenvalue weighted by molar-refractivity contribution is 0.184. The summed E-state index contributed by atoms with van der Waals surface area (Å²) in [6.45, 7) is 6.28. The average Bonchev–Trinajstić information content (AvgIpc) is 3.09. The van der Waals surface area contributed by atoms with Crippen molar-refractivity contribution in [3.63, 3.8) is 0 Å². The molecule has 150 valence electrons. The van der Waals surface area contributed by atoms with Gasteiger partial charge in [0.05, 0.1) is 17.5 Å². The Kier molecular flexibility index (Phi) is 11.7. The Labute approximate surface area is 186 Å². The molecule has 0 fully saturated rings. The molecule has 0 amide bonds. The number of ether oxygens (including phenoxy) is 1. The molecule has 0 spiro atoms. The van der Waals surface area contributed by atoms with Crippen LogP contribution in [0, 0.1) is 0 Å². The van der Waals surface area contributed by atoms with Crippen LogP contribution in [-0.4, -0.2) is 35.7 Å². The predicted octanol–water partition coefficient (Wildman–Crippen LogP) is 3.99. The maximum atomic E-state index is 10.2. The summed E-state index contributed by atoms with van der Waals surface area (Å²) in [5.74, 6) is 1.27. The van der Waals surface area contributed by atoms with Crippen molar-refractivity contribution < 1.29 is 9.84 Å². The minimum absolute atomic E-state index is 0. The van der Waals surface area contributed by atoms with Gasteiger partial charge in [0, 0.05) is 30.2 Å². The molecule has 1 atom stereocenters. The monoisotopic (exact) mass is 524 g/mol. The molecule has 0 aliphatic heterocycles. The Hall–Kier alpha value is -1.10. The summed E-state index contributed by atoms with van der Waals surface area (Å²) in [5.41, 5.74) is 0.983. The van der Waals surface area contributed by atoms with E-state index >= 15 is 0 Å². The Morgan fingerprint density at radius 1 is 1.30 bits per heavy atom. The van der Waals surface area contributed by atoms with Gasteiger partial charge in [0.1, 0.15) is 6.10 Å². The number of nitrogens with zero attached hydrogens (tertiary/aromatic N) is 2. The summed E-state index contributed by atoms with van der Waals surface area (Å²) in [6, 6.07) is 7.42. The number of guanidine groups is 1. The first-order valence-corrected chi connectivity index (χ1v) is 9.85. The highest BCUT2D eigenvalue weighted by Crippen LogP contribution is 2.26. The second-order valence-electron chi connectivity index (χ2n) is 5.59. The zero-order valence-corrected chi connectivity index (χ0v) is 19.3. The lowest BCUT2D eigenvalue weighted by Crippen LogP contribution is -2.39. The minimum atomic E-state index is -0.631. The van der Waals surface area contributed by atoms with E-state index in [-0.39, 0.29) is 24.0 Å². The molecule has 0 bridgehead atoms. The first-order chi connectivity index (χ1) is 12.6. The van der Waals surface area contributed by atoms with Gasteiger partial charge in [-0.2, -0.15) is 0 Å². The van der Waals surface area contributed by atoms with Gasteiger partial charge in [-0.25, -0.2) is 9.98 Å². The van der Waals surface area contributed by atoms with Crippen LogP contribution in [0.4, 0.5) is 0 Å². The third-order valence-electron chi connectivity index (χ3n) is 3.40. The normalized spacial score (nSPS) is 12.2. The van der Waals surface area contributed by atoms with Crippen LogP contribution in [0.15, 0.2) is 35.5 Å². The number of nitrogens with one attached hydrogen (secondary N) is 2. The van der Waals surface area contributed by atoms with E-state index in [2.05, 4.69) is 27.5 Å². The fourth-order valence-corrected chi connectivity index (χ4v) is 3.16. The summed E-state index contributed by atoms with van der Waals surface area (Å²) >= 11 is 7.28. The maximum Gasteiger partial charge on any atom is 0.213 e. The average molecular weight is 525 g/mol. The second kappa shape index (κ2) is 13.1. The number of rotatable bonds is 9. The highest BCUT2D eigenvalue weighted by Gasteiger charge is 2.11. The van der Waals surface area contributed by atoms with E-state index in [1.807, 2.05) is 25.1 Å². The zero-order chi connectivity index (χ0) is 18.8. The number of hydrogen-bond donors (Lipinski definition) is 3. The van der Waals surface area contributed by atoms with Gasteiger partial charge in [0.15, 0.2) is 5.96 Å². The van der Waals surface area contributed by atoms with Crippen molar-refractivity contribution in [2.45, 2.75) is 32.9 Å². The summed E-state index contributed by atoms with van der Waals surface area (Å²) in [4.78, 5) is 9.62. The van der Waals surface area contributed by atoms with Crippen LogP contribution in [0.1, 0.15) is 36.8 Å². The van der Waals surface area contributed by atoms with Crippen LogP contribution in [0.3, 0.4) is 0 Å². The predicted molar refractivity (Wildman–Crippen MR) is 123 cm³/mol. The van der Waals surface area contributed by atoms with Crippen LogP contribution < -0.4 is 15.4 Å². The fourth-order valence-electron chi connectivity index (χ4n) is 2.11. The number of aliphatic hydroxyl groups excluding tert-OH is 1. The van der Waals surface area contributed by atoms with Gasteiger partial charge in [-0.05, 0) is 31.0 Å². The van der Waals surface area contributed by atoms with Gasteiger partial charge in [-0.3, -0.25) is 0 Å². The van der Waals surface area contributed by atoms with E-state index in [4.69, 9.17) is 16.3 Å². The molecule has 2 aromatic heterocycles. The first-order valence-electron chi connectivity index (χ1n) is 8.65. The molecule has 0 radical (unpaired) electrons. The molecule has 2 heterocycles. The van der Waals surface area contributed by atoms with E-state index in [1.54, 1.807) is 12.3 Å². The number of aliphatic imine (C=N–C) groups is 1. The summed E-state index contributed by atoms with van der Waals surface area (Å²) < 4.78 is 6.14. The molecule has 2 rings (SSSR count). The molecule has 2 aromatic rings. The number of thiophene rings is 1. The van der Waals surface area contributed by atoms with E-state index in [9.17, 15) is 5.11 Å². The Morgan fingerprint density at radius 3 is 2.70 bits per heavy atom. The molecule has 9 heteroatoms. The molecule has 3 N–H and O–H groups in total. The topological polar surface area (TPSA) is 78.8 Å². The van der Waals surface area contributed by atoms with Gasteiger partial charge < -0.3 is 20.5 Å². The summed E-state index contributed by atoms with van der Waals surface area (Å²) in [6.07, 6.45) is 2.09. The van der Waals surface area contributed by atoms with Gasteiger partial charge in [-0.1, -0.05) is 24.6 Å². The number of halogens is 2. The maximum absolute atomic E-state index is 10.2. The molecule has 0 aromatic carbocycles. The van der Waals surface area contributed by atoms with Crippen molar-refractivity contribution in [2.75, 3.05) is 19.7 Å². The van der Waals surface area contributed by atoms with Crippen molar-refractivity contribution >= 4 is 52.9 Å². The Bertz CT molecular complexity index is 697. The molecule has 0 aliphatic carbocycles. The van der Waals surface area contributed by atoms with E-state index in [0.717, 1.165) is 23.4 Å². The quantitative estimate of drug-likeness (QED) is 0.263. The van der Waals surface area contributed by atoms with Crippen molar-refractivity contribution in [3.8, 4) is 5.88 Å². The van der Waals surface area contributed by atoms with Crippen LogP contribution >= 0.6 is 46.9 Å². The molecule has 27 heavy (non-hydrogen) atoms. The first kappa shape index (κ1) is 23.9. The Morgan fingerprint density at radius 2 is 2.11 bits per heavy atom. The Balaban J connectivity index is 0.00000364. The van der Waals surface area contributed by atoms with Gasteiger partial charge >= 0.3 is 0 Å². The van der Waals surface area contributed by atoms with Crippen molar-refractivity contribution in [1.29, 1.82) is 0 Å². The van der Waals surface area contributed by atoms with Crippen LogP contribution in [0.5, 0.6) is 5.88 Å². The van der Waals surface area contributed by atoms with Crippen LogP contribution in [0.2, 0.25) is 4.34 Å². The second-order valence-corrected chi connectivity index (χ2v) is 7.33. The number of hydrogen-bond acceptors (Lipinski definition) is 5. The number of aliphatic hydroxyl groups is 1. The summed E-state index contributed by atoms with van der Waals surface area (Å²) in [5, 5.41) is 16.5. The van der Waals surface area contributed by atoms with Crippen LogP contribution in [0.25, 0.3) is 0 Å². The third-order valence-corrected chi connectivity index (χ3v) is 4.73. The van der Waals surface area contributed by atoms with E-state index < -0.39 is 6.10 Å². The number of pyridine rings is 1. The largest absolute Gasteiger partial charge is 0.478 e. The lowest BCUT2D eigenvalue weighted by Gasteiger charge is -2.14. The lowest BCUT2D eigenvalue weighted by atomic mass is 10.3. The smallest absolute Gasteiger partial charge is 0.213 e. The molecule has 0 saturated heterocycles. The fraction of sp³-hybridized carbons (Fsp3) is 0.444. The van der Waals surface area contributed by atoms with Crippen molar-refractivity contribution in [2.24, 2.45) is 4.99 Å². The molecule has 0 aliphatic rings. The minimum Gasteiger partial charge on any atom is -0.478 e. The molecule has 6 nitrogen and oxygen atoms in total. The zero-order valence-electron chi connectivity index (χ0n) is 15.4. The SMILES string of the molecule is CCCOc1ccc(CN=C(NCC)NCC(O)c2ccc(Cl)s2)cn1.I. The van der Waals surface area contributed by atoms with Crippen molar-refractivity contribution in [3.05, 3.63) is 45.2 Å². The molecule has 0 saturated carbocycles. The molecular weight excluding hydrogens is 499 g/mol. The number of aromatic nitrogens is 1. The van der Waals surface area contributed by atoms with Gasteiger partial charge in [-0.15, -0.1) is 35.3 Å². The highest BCUT2D eigenvalue weighted by molar-refractivity contribution is 14.0.